The Balaban J connectivity index is 0.000000980. The largest absolute Gasteiger partial charge is 0.366 e. The third-order valence-corrected chi connectivity index (χ3v) is 2.49. The fourth-order valence-corrected chi connectivity index (χ4v) is 1.57. The van der Waals surface area contributed by atoms with Crippen molar-refractivity contribution in [1.29, 1.82) is 0 Å². The number of carbonyl (C=O) groups is 1. The lowest BCUT2D eigenvalue weighted by Crippen LogP contribution is -2.13. The van der Waals surface area contributed by atoms with Gasteiger partial charge in [-0.15, -0.1) is 12.4 Å². The molecule has 0 aliphatic heterocycles. The number of carbonyl (C=O) groups excluding carboxylic acids is 1. The van der Waals surface area contributed by atoms with Crippen LogP contribution in [0.2, 0.25) is 0 Å². The van der Waals surface area contributed by atoms with Gasteiger partial charge in [-0.2, -0.15) is 0 Å². The average Bonchev–Trinajstić information content (AvgIpc) is 2.89. The van der Waals surface area contributed by atoms with E-state index in [9.17, 15) is 4.79 Å². The fourth-order valence-electron chi connectivity index (χ4n) is 1.57. The van der Waals surface area contributed by atoms with Gasteiger partial charge in [0.1, 0.15) is 0 Å². The van der Waals surface area contributed by atoms with E-state index in [1.54, 1.807) is 6.07 Å². The molecule has 2 N–H and O–H groups in total. The van der Waals surface area contributed by atoms with Gasteiger partial charge >= 0.3 is 0 Å². The molecule has 0 spiro atoms. The first-order chi connectivity index (χ1) is 6.27. The second-order valence-electron chi connectivity index (χ2n) is 3.67. The molecule has 0 bridgehead atoms. The molecular formula is C11H14ClNO. The lowest BCUT2D eigenvalue weighted by atomic mass is 10.0. The van der Waals surface area contributed by atoms with Gasteiger partial charge in [0.05, 0.1) is 0 Å². The minimum atomic E-state index is -0.309. The maximum absolute atomic E-state index is 11.0. The first kappa shape index (κ1) is 11.1. The number of nitrogens with two attached hydrogens (primary N) is 1. The number of hydrogen-bond acceptors (Lipinski definition) is 1. The quantitative estimate of drug-likeness (QED) is 0.818. The maximum Gasteiger partial charge on any atom is 0.248 e. The summed E-state index contributed by atoms with van der Waals surface area (Å²) >= 11 is 0. The fraction of sp³-hybridized carbons (Fsp3) is 0.364. The zero-order chi connectivity index (χ0) is 9.26. The first-order valence-corrected chi connectivity index (χ1v) is 4.65. The van der Waals surface area contributed by atoms with Crippen molar-refractivity contribution in [2.75, 3.05) is 0 Å². The molecule has 0 atom stereocenters. The number of primary amides is 1. The summed E-state index contributed by atoms with van der Waals surface area (Å²) in [5, 5.41) is 0. The van der Waals surface area contributed by atoms with Crippen LogP contribution in [0, 0.1) is 5.92 Å². The van der Waals surface area contributed by atoms with Gasteiger partial charge in [0.15, 0.2) is 0 Å². The molecule has 0 unspecified atom stereocenters. The van der Waals surface area contributed by atoms with Crippen molar-refractivity contribution in [3.05, 3.63) is 35.4 Å². The smallest absolute Gasteiger partial charge is 0.248 e. The molecule has 1 aromatic rings. The Hall–Kier alpha value is -1.02. The van der Waals surface area contributed by atoms with Gasteiger partial charge < -0.3 is 5.73 Å². The number of amides is 1. The van der Waals surface area contributed by atoms with Crippen molar-refractivity contribution in [3.8, 4) is 0 Å². The third kappa shape index (κ3) is 2.48. The molecule has 1 saturated carbocycles. The minimum absolute atomic E-state index is 0. The summed E-state index contributed by atoms with van der Waals surface area (Å²) < 4.78 is 0. The maximum atomic E-state index is 11.0. The predicted octanol–water partition coefficient (Wildman–Crippen LogP) is 2.16. The molecule has 0 saturated heterocycles. The van der Waals surface area contributed by atoms with Gasteiger partial charge in [0.25, 0.3) is 0 Å². The molecule has 1 aliphatic rings. The normalized spacial score (nSPS) is 14.6. The summed E-state index contributed by atoms with van der Waals surface area (Å²) in [6.07, 6.45) is 3.61. The van der Waals surface area contributed by atoms with Gasteiger partial charge in [-0.3, -0.25) is 4.79 Å². The van der Waals surface area contributed by atoms with Crippen LogP contribution in [0.25, 0.3) is 0 Å². The zero-order valence-corrected chi connectivity index (χ0v) is 8.72. The predicted molar refractivity (Wildman–Crippen MR) is 58.6 cm³/mol. The van der Waals surface area contributed by atoms with Gasteiger partial charge in [0, 0.05) is 5.56 Å². The molecule has 1 aliphatic carbocycles. The van der Waals surface area contributed by atoms with Crippen molar-refractivity contribution < 1.29 is 4.79 Å². The summed E-state index contributed by atoms with van der Waals surface area (Å²) in [7, 11) is 0. The molecule has 2 rings (SSSR count). The van der Waals surface area contributed by atoms with Crippen molar-refractivity contribution in [2.45, 2.75) is 19.3 Å². The Bertz CT molecular complexity index is 334. The Morgan fingerprint density at radius 2 is 2.00 bits per heavy atom. The molecule has 0 aromatic heterocycles. The van der Waals surface area contributed by atoms with Crippen LogP contribution in [-0.4, -0.2) is 5.91 Å². The highest BCUT2D eigenvalue weighted by atomic mass is 35.5. The van der Waals surface area contributed by atoms with E-state index < -0.39 is 0 Å². The molecule has 76 valence electrons. The van der Waals surface area contributed by atoms with E-state index in [2.05, 4.69) is 0 Å². The van der Waals surface area contributed by atoms with E-state index in [4.69, 9.17) is 5.73 Å². The Morgan fingerprint density at radius 3 is 2.57 bits per heavy atom. The summed E-state index contributed by atoms with van der Waals surface area (Å²) in [6, 6.07) is 7.62. The molecule has 1 amide bonds. The van der Waals surface area contributed by atoms with E-state index in [0.29, 0.717) is 5.56 Å². The van der Waals surface area contributed by atoms with Crippen LogP contribution in [0.4, 0.5) is 0 Å². The van der Waals surface area contributed by atoms with Gasteiger partial charge in [-0.25, -0.2) is 0 Å². The highest BCUT2D eigenvalue weighted by Gasteiger charge is 2.23. The first-order valence-electron chi connectivity index (χ1n) is 4.65. The highest BCUT2D eigenvalue weighted by molar-refractivity contribution is 5.94. The van der Waals surface area contributed by atoms with Crippen LogP contribution < -0.4 is 5.73 Å². The second-order valence-corrected chi connectivity index (χ2v) is 3.67. The summed E-state index contributed by atoms with van der Waals surface area (Å²) in [5.41, 5.74) is 7.07. The van der Waals surface area contributed by atoms with E-state index in [-0.39, 0.29) is 18.3 Å². The van der Waals surface area contributed by atoms with Crippen molar-refractivity contribution >= 4 is 18.3 Å². The Morgan fingerprint density at radius 1 is 1.36 bits per heavy atom. The number of hydrogen-bond donors (Lipinski definition) is 1. The Kier molecular flexibility index (Phi) is 3.53. The van der Waals surface area contributed by atoms with Crippen molar-refractivity contribution in [3.63, 3.8) is 0 Å². The standard InChI is InChI=1S/C11H13NO.ClH/c12-11(13)10-4-2-1-3-9(10)7-8-5-6-8;/h1-4,8H,5-7H2,(H2,12,13);1H. The third-order valence-electron chi connectivity index (χ3n) is 2.49. The number of benzene rings is 1. The molecule has 14 heavy (non-hydrogen) atoms. The summed E-state index contributed by atoms with van der Waals surface area (Å²) in [5.74, 6) is 0.483. The van der Waals surface area contributed by atoms with Crippen LogP contribution in [-0.2, 0) is 6.42 Å². The van der Waals surface area contributed by atoms with Gasteiger partial charge in [0.2, 0.25) is 5.91 Å². The number of halogens is 1. The van der Waals surface area contributed by atoms with Gasteiger partial charge in [-0.1, -0.05) is 18.2 Å². The van der Waals surface area contributed by atoms with Gasteiger partial charge in [-0.05, 0) is 36.8 Å². The molecular weight excluding hydrogens is 198 g/mol. The molecule has 3 heteroatoms. The van der Waals surface area contributed by atoms with E-state index in [1.165, 1.54) is 12.8 Å². The van der Waals surface area contributed by atoms with Crippen LogP contribution in [0.5, 0.6) is 0 Å². The van der Waals surface area contributed by atoms with Crippen LogP contribution >= 0.6 is 12.4 Å². The lowest BCUT2D eigenvalue weighted by molar-refractivity contribution is 0.0999. The molecule has 1 fully saturated rings. The van der Waals surface area contributed by atoms with E-state index in [1.807, 2.05) is 18.2 Å². The van der Waals surface area contributed by atoms with Crippen molar-refractivity contribution in [2.24, 2.45) is 11.7 Å². The molecule has 1 aromatic carbocycles. The minimum Gasteiger partial charge on any atom is -0.366 e. The topological polar surface area (TPSA) is 43.1 Å². The lowest BCUT2D eigenvalue weighted by Gasteiger charge is -2.04. The zero-order valence-electron chi connectivity index (χ0n) is 7.90. The van der Waals surface area contributed by atoms with E-state index in [0.717, 1.165) is 17.9 Å². The summed E-state index contributed by atoms with van der Waals surface area (Å²) in [4.78, 5) is 11.0. The van der Waals surface area contributed by atoms with Crippen LogP contribution in [0.1, 0.15) is 28.8 Å². The highest BCUT2D eigenvalue weighted by Crippen LogP contribution is 2.33. The SMILES string of the molecule is Cl.NC(=O)c1ccccc1CC1CC1. The van der Waals surface area contributed by atoms with E-state index >= 15 is 0 Å². The molecule has 2 nitrogen and oxygen atoms in total. The number of rotatable bonds is 3. The van der Waals surface area contributed by atoms with Crippen LogP contribution in [0.15, 0.2) is 24.3 Å². The summed E-state index contributed by atoms with van der Waals surface area (Å²) in [6.45, 7) is 0. The Labute approximate surface area is 89.9 Å². The van der Waals surface area contributed by atoms with Crippen molar-refractivity contribution in [1.82, 2.24) is 0 Å². The monoisotopic (exact) mass is 211 g/mol. The molecule has 0 heterocycles. The average molecular weight is 212 g/mol. The van der Waals surface area contributed by atoms with Crippen LogP contribution in [0.3, 0.4) is 0 Å². The molecule has 0 radical (unpaired) electrons. The second kappa shape index (κ2) is 4.47.